The van der Waals surface area contributed by atoms with Gasteiger partial charge in [-0.25, -0.2) is 4.98 Å². The number of hydrogen-bond acceptors (Lipinski definition) is 4. The van der Waals surface area contributed by atoms with E-state index in [1.165, 1.54) is 48.9 Å². The number of hydrogen-bond donors (Lipinski definition) is 1. The van der Waals surface area contributed by atoms with Gasteiger partial charge in [-0.2, -0.15) is 0 Å². The second kappa shape index (κ2) is 5.81. The summed E-state index contributed by atoms with van der Waals surface area (Å²) in [6.45, 7) is 0. The molecule has 0 amide bonds. The van der Waals surface area contributed by atoms with E-state index in [-0.39, 0.29) is 0 Å². The summed E-state index contributed by atoms with van der Waals surface area (Å²) in [4.78, 5) is 4.62. The molecule has 2 atom stereocenters. The molecule has 2 aromatic rings. The molecule has 1 N–H and O–H groups in total. The molecule has 0 radical (unpaired) electrons. The van der Waals surface area contributed by atoms with Crippen LogP contribution in [0.1, 0.15) is 38.5 Å². The highest BCUT2D eigenvalue weighted by Crippen LogP contribution is 2.44. The van der Waals surface area contributed by atoms with Crippen molar-refractivity contribution in [2.45, 2.75) is 48.9 Å². The highest BCUT2D eigenvalue weighted by Gasteiger charge is 2.34. The monoisotopic (exact) mass is 318 g/mol. The lowest BCUT2D eigenvalue weighted by Gasteiger charge is -2.30. The smallest absolute Gasteiger partial charge is 0.150 e. The van der Waals surface area contributed by atoms with Crippen molar-refractivity contribution in [2.75, 3.05) is 11.6 Å². The Balaban J connectivity index is 1.48. The minimum absolute atomic E-state index is 0.676. The third-order valence-electron chi connectivity index (χ3n) is 4.92. The van der Waals surface area contributed by atoms with Crippen molar-refractivity contribution < 1.29 is 0 Å². The zero-order valence-corrected chi connectivity index (χ0v) is 14.1. The molecule has 0 bridgehead atoms. The van der Waals surface area contributed by atoms with E-state index in [9.17, 15) is 0 Å². The maximum Gasteiger partial charge on any atom is 0.150 e. The van der Waals surface area contributed by atoms with Crippen LogP contribution in [-0.4, -0.2) is 17.3 Å². The summed E-state index contributed by atoms with van der Waals surface area (Å²) < 4.78 is 2.47. The van der Waals surface area contributed by atoms with Gasteiger partial charge in [0.2, 0.25) is 0 Å². The molecule has 21 heavy (non-hydrogen) atoms. The average Bonchev–Trinajstić information content (AvgIpc) is 3.27. The molecule has 2 aliphatic rings. The molecule has 2 unspecified atom stereocenters. The van der Waals surface area contributed by atoms with Crippen molar-refractivity contribution in [1.82, 2.24) is 4.98 Å². The van der Waals surface area contributed by atoms with Crippen LogP contribution in [0.3, 0.4) is 0 Å². The fourth-order valence-electron chi connectivity index (χ4n) is 3.67. The lowest BCUT2D eigenvalue weighted by molar-refractivity contribution is 0.303. The number of rotatable bonds is 4. The molecule has 1 heterocycles. The van der Waals surface area contributed by atoms with Crippen LogP contribution in [0.4, 0.5) is 5.69 Å². The summed E-state index contributed by atoms with van der Waals surface area (Å²) in [6, 6.07) is 7.32. The molecule has 1 aromatic carbocycles. The predicted octanol–water partition coefficient (Wildman–Crippen LogP) is 5.40. The van der Waals surface area contributed by atoms with Gasteiger partial charge in [-0.15, -0.1) is 11.3 Å². The predicted molar refractivity (Wildman–Crippen MR) is 93.5 cm³/mol. The van der Waals surface area contributed by atoms with Crippen LogP contribution in [0.15, 0.2) is 22.5 Å². The number of fused-ring (bicyclic) bond motifs is 1. The van der Waals surface area contributed by atoms with Crippen LogP contribution in [0.2, 0.25) is 0 Å². The first-order chi connectivity index (χ1) is 10.3. The second-order valence-electron chi connectivity index (χ2n) is 6.47. The number of thioether (sulfide) groups is 1. The quantitative estimate of drug-likeness (QED) is 0.764. The zero-order chi connectivity index (χ0) is 14.2. The fraction of sp³-hybridized carbons (Fsp3) is 0.588. The first-order valence-electron chi connectivity index (χ1n) is 8.03. The number of benzene rings is 1. The molecule has 2 saturated carbocycles. The second-order valence-corrected chi connectivity index (χ2v) is 8.56. The number of aromatic nitrogens is 1. The first kappa shape index (κ1) is 13.9. The lowest BCUT2D eigenvalue weighted by Crippen LogP contribution is -2.28. The molecule has 0 aliphatic heterocycles. The molecule has 0 spiro atoms. The normalized spacial score (nSPS) is 26.1. The topological polar surface area (TPSA) is 24.9 Å². The van der Waals surface area contributed by atoms with Gasteiger partial charge in [0.1, 0.15) is 0 Å². The van der Waals surface area contributed by atoms with Crippen molar-refractivity contribution in [3.8, 4) is 0 Å². The molecule has 2 nitrogen and oxygen atoms in total. The van der Waals surface area contributed by atoms with Gasteiger partial charge in [-0.05, 0) is 62.0 Å². The van der Waals surface area contributed by atoms with Crippen molar-refractivity contribution >= 4 is 39.0 Å². The maximum atomic E-state index is 4.62. The largest absolute Gasteiger partial charge is 0.382 e. The van der Waals surface area contributed by atoms with Crippen molar-refractivity contribution in [2.24, 2.45) is 11.8 Å². The molecule has 2 fully saturated rings. The van der Waals surface area contributed by atoms with E-state index in [1.54, 1.807) is 23.1 Å². The maximum absolute atomic E-state index is 4.62. The highest BCUT2D eigenvalue weighted by atomic mass is 32.2. The first-order valence-corrected chi connectivity index (χ1v) is 10.1. The molecule has 2 aliphatic carbocycles. The summed E-state index contributed by atoms with van der Waals surface area (Å²) in [5.41, 5.74) is 2.41. The van der Waals surface area contributed by atoms with E-state index in [0.29, 0.717) is 6.04 Å². The van der Waals surface area contributed by atoms with Crippen LogP contribution in [0, 0.1) is 11.8 Å². The van der Waals surface area contributed by atoms with Crippen LogP contribution in [-0.2, 0) is 0 Å². The minimum Gasteiger partial charge on any atom is -0.382 e. The van der Waals surface area contributed by atoms with E-state index < -0.39 is 0 Å². The Labute approximate surface area is 134 Å². The number of nitrogens with zero attached hydrogens (tertiary/aromatic N) is 1. The van der Waals surface area contributed by atoms with Gasteiger partial charge in [0, 0.05) is 11.7 Å². The van der Waals surface area contributed by atoms with Gasteiger partial charge < -0.3 is 5.32 Å². The van der Waals surface area contributed by atoms with Crippen molar-refractivity contribution in [1.29, 1.82) is 0 Å². The van der Waals surface area contributed by atoms with Gasteiger partial charge >= 0.3 is 0 Å². The van der Waals surface area contributed by atoms with Gasteiger partial charge in [-0.1, -0.05) is 24.6 Å². The Kier molecular flexibility index (Phi) is 3.84. The van der Waals surface area contributed by atoms with E-state index in [0.717, 1.165) is 21.7 Å². The Morgan fingerprint density at radius 3 is 2.90 bits per heavy atom. The third-order valence-corrected chi connectivity index (χ3v) is 6.92. The lowest BCUT2D eigenvalue weighted by atomic mass is 9.82. The standard InChI is InChI=1S/C17H22N2S2/c1-20-17-19-15-8-7-14(10-16(15)21-17)18-13-4-2-3-12(9-13)11-5-6-11/h7-8,10-13,18H,2-6,9H2,1H3. The number of nitrogens with one attached hydrogen (secondary N) is 1. The molecular weight excluding hydrogens is 296 g/mol. The van der Waals surface area contributed by atoms with Gasteiger partial charge in [0.25, 0.3) is 0 Å². The van der Waals surface area contributed by atoms with Crippen molar-refractivity contribution in [3.05, 3.63) is 18.2 Å². The van der Waals surface area contributed by atoms with Crippen LogP contribution in [0.5, 0.6) is 0 Å². The molecule has 0 saturated heterocycles. The van der Waals surface area contributed by atoms with Gasteiger partial charge in [0.05, 0.1) is 10.2 Å². The molecule has 4 heteroatoms. The van der Waals surface area contributed by atoms with Gasteiger partial charge in [-0.3, -0.25) is 0 Å². The third kappa shape index (κ3) is 3.07. The van der Waals surface area contributed by atoms with E-state index in [4.69, 9.17) is 0 Å². The summed E-state index contributed by atoms with van der Waals surface area (Å²) >= 11 is 3.53. The Morgan fingerprint density at radius 1 is 1.19 bits per heavy atom. The Bertz CT molecular complexity index is 633. The molecular formula is C17H22N2S2. The molecule has 1 aromatic heterocycles. The van der Waals surface area contributed by atoms with E-state index in [2.05, 4.69) is 34.8 Å². The van der Waals surface area contributed by atoms with Crippen LogP contribution < -0.4 is 5.32 Å². The van der Waals surface area contributed by atoms with E-state index in [1.807, 2.05) is 0 Å². The number of thiazole rings is 1. The van der Waals surface area contributed by atoms with E-state index >= 15 is 0 Å². The number of anilines is 1. The molecule has 4 rings (SSSR count). The SMILES string of the molecule is CSc1nc2ccc(NC3CCCC(C4CC4)C3)cc2s1. The van der Waals surface area contributed by atoms with Crippen LogP contribution >= 0.6 is 23.1 Å². The molecule has 112 valence electrons. The summed E-state index contributed by atoms with van der Waals surface area (Å²) in [5.74, 6) is 2.05. The fourth-order valence-corrected chi connectivity index (χ4v) is 5.20. The summed E-state index contributed by atoms with van der Waals surface area (Å²) in [5, 5.41) is 3.78. The zero-order valence-electron chi connectivity index (χ0n) is 12.5. The van der Waals surface area contributed by atoms with Crippen LogP contribution in [0.25, 0.3) is 10.2 Å². The Hall–Kier alpha value is -0.740. The summed E-state index contributed by atoms with van der Waals surface area (Å²) in [6.07, 6.45) is 10.6. The highest BCUT2D eigenvalue weighted by molar-refractivity contribution is 8.00. The summed E-state index contributed by atoms with van der Waals surface area (Å²) in [7, 11) is 0. The van der Waals surface area contributed by atoms with Crippen molar-refractivity contribution in [3.63, 3.8) is 0 Å². The average molecular weight is 319 g/mol. The van der Waals surface area contributed by atoms with Gasteiger partial charge in [0.15, 0.2) is 4.34 Å². The minimum atomic E-state index is 0.676. The Morgan fingerprint density at radius 2 is 2.10 bits per heavy atom.